The van der Waals surface area contributed by atoms with Gasteiger partial charge < -0.3 is 9.84 Å². The Morgan fingerprint density at radius 1 is 1.09 bits per heavy atom. The van der Waals surface area contributed by atoms with E-state index in [9.17, 15) is 13.2 Å². The number of benzene rings is 3. The van der Waals surface area contributed by atoms with E-state index in [2.05, 4.69) is 34.2 Å². The number of carbonyl (C=O) groups is 1. The second-order valence-electron chi connectivity index (χ2n) is 10.5. The van der Waals surface area contributed by atoms with Crippen molar-refractivity contribution < 1.29 is 27.6 Å². The Hall–Kier alpha value is -3.35. The van der Waals surface area contributed by atoms with E-state index in [1.54, 1.807) is 12.1 Å². The molecule has 5 rings (SSSR count). The normalized spacial score (nSPS) is 13.7. The van der Waals surface area contributed by atoms with Gasteiger partial charge in [-0.3, -0.25) is 14.2 Å². The average molecular weight is 644 g/mol. The van der Waals surface area contributed by atoms with Crippen molar-refractivity contribution in [1.82, 2.24) is 15.1 Å². The molecule has 9 nitrogen and oxygen atoms in total. The second kappa shape index (κ2) is 14.0. The van der Waals surface area contributed by atoms with Crippen molar-refractivity contribution in [2.75, 3.05) is 13.1 Å². The van der Waals surface area contributed by atoms with Crippen molar-refractivity contribution in [3.8, 4) is 26.9 Å². The van der Waals surface area contributed by atoms with Gasteiger partial charge in [0, 0.05) is 30.8 Å². The number of rotatable bonds is 9. The smallest absolute Gasteiger partial charge is 0.309 e. The van der Waals surface area contributed by atoms with Gasteiger partial charge >= 0.3 is 5.97 Å². The summed E-state index contributed by atoms with van der Waals surface area (Å²) in [4.78, 5) is 13.2. The summed E-state index contributed by atoms with van der Waals surface area (Å²) in [7, 11) is -4.02. The van der Waals surface area contributed by atoms with Crippen LogP contribution in [0.25, 0.3) is 21.1 Å². The number of nitrogens with zero attached hydrogens (tertiary/aromatic N) is 3. The maximum Gasteiger partial charge on any atom is 0.309 e. The van der Waals surface area contributed by atoms with Crippen molar-refractivity contribution >= 4 is 39.0 Å². The van der Waals surface area contributed by atoms with Gasteiger partial charge in [0.1, 0.15) is 15.8 Å². The van der Waals surface area contributed by atoms with Crippen LogP contribution in [-0.4, -0.2) is 58.3 Å². The summed E-state index contributed by atoms with van der Waals surface area (Å²) in [6.07, 6.45) is 0.918. The predicted octanol–water partition coefficient (Wildman–Crippen LogP) is 6.63. The lowest BCUT2D eigenvalue weighted by atomic mass is 9.95. The van der Waals surface area contributed by atoms with Crippen LogP contribution >= 0.6 is 22.9 Å². The van der Waals surface area contributed by atoms with E-state index in [0.717, 1.165) is 39.7 Å². The molecule has 2 heterocycles. The van der Waals surface area contributed by atoms with Crippen molar-refractivity contribution in [3.63, 3.8) is 0 Å². The molecule has 0 atom stereocenters. The number of carboxylic acid groups (broad SMARTS) is 1. The molecule has 1 fully saturated rings. The minimum Gasteiger partial charge on any atom is -0.489 e. The number of carboxylic acids is 1. The van der Waals surface area contributed by atoms with Gasteiger partial charge in [-0.15, -0.1) is 10.2 Å². The van der Waals surface area contributed by atoms with Gasteiger partial charge in [-0.25, -0.2) is 0 Å². The first-order chi connectivity index (χ1) is 20.3. The summed E-state index contributed by atoms with van der Waals surface area (Å²) < 4.78 is 35.3. The standard InChI is InChI=1S/C24H26ClN3O3S.C7H8O3S/c1-4-18-16(11-28-12-17(13-28)24(29)30)6-5-7-19(18)23-27-26-22(32-23)15-8-9-21(20(25)10-15)31-14(2)3;1-6-2-4-7(5-3-6)11(8,9)10/h5-10,14,17H,4,11-13H2,1-3H3,(H,29,30);2-5H,1H3,(H,8,9,10). The molecule has 0 saturated carbocycles. The highest BCUT2D eigenvalue weighted by Gasteiger charge is 2.32. The van der Waals surface area contributed by atoms with Gasteiger partial charge in [-0.1, -0.05) is 65.8 Å². The molecule has 43 heavy (non-hydrogen) atoms. The maximum absolute atomic E-state index is 11.1. The van der Waals surface area contributed by atoms with Crippen LogP contribution in [-0.2, 0) is 27.9 Å². The SMILES string of the molecule is CCc1c(CN2CC(C(=O)O)C2)cccc1-c1nnc(-c2ccc(OC(C)C)c(Cl)c2)s1.Cc1ccc(S(=O)(=O)O)cc1. The zero-order chi connectivity index (χ0) is 31.3. The summed E-state index contributed by atoms with van der Waals surface area (Å²) in [6, 6.07) is 17.9. The lowest BCUT2D eigenvalue weighted by molar-refractivity contribution is -0.147. The van der Waals surface area contributed by atoms with Crippen molar-refractivity contribution in [2.24, 2.45) is 5.92 Å². The third-order valence-electron chi connectivity index (χ3n) is 6.84. The molecule has 228 valence electrons. The second-order valence-corrected chi connectivity index (χ2v) is 13.3. The molecule has 1 saturated heterocycles. The van der Waals surface area contributed by atoms with Gasteiger partial charge in [0.15, 0.2) is 0 Å². The number of aliphatic carboxylic acids is 1. The molecular formula is C31H34ClN3O6S2. The fraction of sp³-hybridized carbons (Fsp3) is 0.323. The quantitative estimate of drug-likeness (QED) is 0.193. The molecule has 3 aromatic carbocycles. The molecule has 1 aliphatic heterocycles. The summed E-state index contributed by atoms with van der Waals surface area (Å²) in [6.45, 7) is 9.85. The average Bonchev–Trinajstić information content (AvgIpc) is 3.41. The first kappa shape index (κ1) is 32.6. The summed E-state index contributed by atoms with van der Waals surface area (Å²) in [5, 5.41) is 20.2. The number of aromatic nitrogens is 2. The number of ether oxygens (including phenoxy) is 1. The highest BCUT2D eigenvalue weighted by molar-refractivity contribution is 7.85. The molecule has 0 bridgehead atoms. The van der Waals surface area contributed by atoms with Gasteiger partial charge in [0.05, 0.1) is 21.9 Å². The Morgan fingerprint density at radius 2 is 1.77 bits per heavy atom. The fourth-order valence-corrected chi connectivity index (χ4v) is 6.24. The van der Waals surface area contributed by atoms with Gasteiger partial charge in [0.2, 0.25) is 0 Å². The summed E-state index contributed by atoms with van der Waals surface area (Å²) >= 11 is 7.94. The Balaban J connectivity index is 0.000000324. The molecule has 2 N–H and O–H groups in total. The highest BCUT2D eigenvalue weighted by Crippen LogP contribution is 2.36. The molecule has 0 spiro atoms. The number of aryl methyl sites for hydroxylation is 1. The van der Waals surface area contributed by atoms with E-state index in [4.69, 9.17) is 26.0 Å². The largest absolute Gasteiger partial charge is 0.489 e. The van der Waals surface area contributed by atoms with Crippen LogP contribution in [0.5, 0.6) is 5.75 Å². The van der Waals surface area contributed by atoms with E-state index in [1.807, 2.05) is 45.0 Å². The van der Waals surface area contributed by atoms with Crippen LogP contribution in [0.3, 0.4) is 0 Å². The van der Waals surface area contributed by atoms with Gasteiger partial charge in [-0.05, 0) is 68.7 Å². The lowest BCUT2D eigenvalue weighted by Crippen LogP contribution is -2.49. The van der Waals surface area contributed by atoms with Crippen LogP contribution in [0.15, 0.2) is 65.6 Å². The van der Waals surface area contributed by atoms with Crippen LogP contribution in [0.4, 0.5) is 0 Å². The molecular weight excluding hydrogens is 610 g/mol. The Morgan fingerprint density at radius 3 is 2.35 bits per heavy atom. The maximum atomic E-state index is 11.1. The van der Waals surface area contributed by atoms with Crippen LogP contribution in [0.1, 0.15) is 37.5 Å². The minimum atomic E-state index is -4.02. The van der Waals surface area contributed by atoms with Crippen LogP contribution < -0.4 is 4.74 Å². The lowest BCUT2D eigenvalue weighted by Gasteiger charge is -2.37. The first-order valence-corrected chi connectivity index (χ1v) is 16.4. The number of halogens is 1. The minimum absolute atomic E-state index is 0.0532. The van der Waals surface area contributed by atoms with Crippen molar-refractivity contribution in [2.45, 2.75) is 51.7 Å². The highest BCUT2D eigenvalue weighted by atomic mass is 35.5. The van der Waals surface area contributed by atoms with Crippen LogP contribution in [0.2, 0.25) is 5.02 Å². The Bertz CT molecular complexity index is 1680. The molecule has 0 unspecified atom stereocenters. The summed E-state index contributed by atoms with van der Waals surface area (Å²) in [5.74, 6) is -0.304. The molecule has 4 aromatic rings. The third-order valence-corrected chi connectivity index (χ3v) is 9.01. The third kappa shape index (κ3) is 8.39. The monoisotopic (exact) mass is 643 g/mol. The molecule has 0 aliphatic carbocycles. The molecule has 0 amide bonds. The van der Waals surface area contributed by atoms with E-state index < -0.39 is 16.1 Å². The number of likely N-dealkylation sites (tertiary alicyclic amines) is 1. The Kier molecular flexibility index (Phi) is 10.6. The van der Waals surface area contributed by atoms with E-state index in [-0.39, 0.29) is 16.9 Å². The van der Waals surface area contributed by atoms with Crippen molar-refractivity contribution in [1.29, 1.82) is 0 Å². The first-order valence-electron chi connectivity index (χ1n) is 13.8. The van der Waals surface area contributed by atoms with E-state index >= 15 is 0 Å². The van der Waals surface area contributed by atoms with E-state index in [0.29, 0.717) is 23.9 Å². The zero-order valence-corrected chi connectivity index (χ0v) is 26.7. The van der Waals surface area contributed by atoms with Gasteiger partial charge in [-0.2, -0.15) is 8.42 Å². The van der Waals surface area contributed by atoms with E-state index in [1.165, 1.54) is 34.6 Å². The number of hydrogen-bond acceptors (Lipinski definition) is 8. The summed E-state index contributed by atoms with van der Waals surface area (Å²) in [5.41, 5.74) is 5.38. The Labute approximate surface area is 260 Å². The topological polar surface area (TPSA) is 130 Å². The van der Waals surface area contributed by atoms with Gasteiger partial charge in [0.25, 0.3) is 10.1 Å². The van der Waals surface area contributed by atoms with Crippen molar-refractivity contribution in [3.05, 3.63) is 82.4 Å². The molecule has 1 aromatic heterocycles. The fourth-order valence-electron chi connectivity index (χ4n) is 4.64. The molecule has 1 aliphatic rings. The number of hydrogen-bond donors (Lipinski definition) is 2. The predicted molar refractivity (Wildman–Crippen MR) is 168 cm³/mol. The zero-order valence-electron chi connectivity index (χ0n) is 24.3. The molecule has 0 radical (unpaired) electrons. The molecule has 12 heteroatoms. The van der Waals surface area contributed by atoms with Crippen LogP contribution in [0, 0.1) is 12.8 Å².